The maximum absolute atomic E-state index is 13.3. The molecule has 3 heteroatoms. The number of carbonyl (C=O) groups excluding carboxylic acids is 1. The van der Waals surface area contributed by atoms with Gasteiger partial charge in [-0.2, -0.15) is 0 Å². The number of benzene rings is 1. The molecule has 0 saturated carbocycles. The number of nitrogens with zero attached hydrogens (tertiary/aromatic N) is 1. The fourth-order valence-corrected chi connectivity index (χ4v) is 4.35. The van der Waals surface area contributed by atoms with Gasteiger partial charge in [-0.25, -0.2) is 0 Å². The largest absolute Gasteiger partial charge is 0.493 e. The standard InChI is InChI=1S/C23H35NO2/c1-4-18(15-24-13-7-8-14-24)23(25)21-11-12-22(26-16-17(2)3)20-10-6-5-9-19(20)21/h11-12,17-18H,4-10,13-16H2,1-3H3. The van der Waals surface area contributed by atoms with Crippen LogP contribution < -0.4 is 4.74 Å². The first-order valence-corrected chi connectivity index (χ1v) is 10.6. The Morgan fingerprint density at radius 1 is 1.08 bits per heavy atom. The van der Waals surface area contributed by atoms with Gasteiger partial charge in [0.1, 0.15) is 5.75 Å². The molecule has 1 atom stereocenters. The van der Waals surface area contributed by atoms with Crippen LogP contribution in [0, 0.1) is 11.8 Å². The Bertz CT molecular complexity index is 617. The molecule has 0 bridgehead atoms. The smallest absolute Gasteiger partial charge is 0.167 e. The van der Waals surface area contributed by atoms with Gasteiger partial charge in [0.05, 0.1) is 6.61 Å². The van der Waals surface area contributed by atoms with E-state index < -0.39 is 0 Å². The minimum atomic E-state index is 0.126. The lowest BCUT2D eigenvalue weighted by Gasteiger charge is -2.26. The maximum Gasteiger partial charge on any atom is 0.167 e. The Morgan fingerprint density at radius 2 is 1.77 bits per heavy atom. The van der Waals surface area contributed by atoms with Crippen LogP contribution in [-0.2, 0) is 12.8 Å². The lowest BCUT2D eigenvalue weighted by molar-refractivity contribution is 0.0884. The summed E-state index contributed by atoms with van der Waals surface area (Å²) in [6.07, 6.45) is 7.94. The number of rotatable bonds is 8. The summed E-state index contributed by atoms with van der Waals surface area (Å²) in [5, 5.41) is 0. The molecular weight excluding hydrogens is 322 g/mol. The predicted octanol–water partition coefficient (Wildman–Crippen LogP) is 4.90. The molecule has 1 aromatic rings. The van der Waals surface area contributed by atoms with Crippen molar-refractivity contribution in [1.82, 2.24) is 4.90 Å². The third kappa shape index (κ3) is 4.49. The van der Waals surface area contributed by atoms with Crippen LogP contribution in [0.1, 0.15) is 74.4 Å². The second-order valence-corrected chi connectivity index (χ2v) is 8.46. The fraction of sp³-hybridized carbons (Fsp3) is 0.696. The number of hydrogen-bond acceptors (Lipinski definition) is 3. The van der Waals surface area contributed by atoms with Crippen LogP contribution in [0.3, 0.4) is 0 Å². The van der Waals surface area contributed by atoms with Gasteiger partial charge >= 0.3 is 0 Å². The third-order valence-electron chi connectivity index (χ3n) is 5.87. The fourth-order valence-electron chi connectivity index (χ4n) is 4.35. The van der Waals surface area contributed by atoms with Crippen molar-refractivity contribution in [2.24, 2.45) is 11.8 Å². The average molecular weight is 358 g/mol. The Hall–Kier alpha value is -1.35. The second kappa shape index (κ2) is 9.03. The van der Waals surface area contributed by atoms with Crippen molar-refractivity contribution < 1.29 is 9.53 Å². The SMILES string of the molecule is CCC(CN1CCCC1)C(=O)c1ccc(OCC(C)C)c2c1CCCC2. The molecule has 144 valence electrons. The van der Waals surface area contributed by atoms with Crippen LogP contribution >= 0.6 is 0 Å². The molecule has 0 N–H and O–H groups in total. The van der Waals surface area contributed by atoms with E-state index >= 15 is 0 Å². The van der Waals surface area contributed by atoms with E-state index in [4.69, 9.17) is 4.74 Å². The number of ketones is 1. The summed E-state index contributed by atoms with van der Waals surface area (Å²) in [5.41, 5.74) is 3.56. The first kappa shape index (κ1) is 19.4. The van der Waals surface area contributed by atoms with E-state index in [0.29, 0.717) is 11.7 Å². The maximum atomic E-state index is 13.3. The van der Waals surface area contributed by atoms with E-state index in [-0.39, 0.29) is 5.92 Å². The highest BCUT2D eigenvalue weighted by Crippen LogP contribution is 2.34. The first-order chi connectivity index (χ1) is 12.6. The van der Waals surface area contributed by atoms with Gasteiger partial charge in [0, 0.05) is 18.0 Å². The Balaban J connectivity index is 1.82. The molecule has 1 heterocycles. The topological polar surface area (TPSA) is 29.5 Å². The van der Waals surface area contributed by atoms with Crippen molar-refractivity contribution in [2.75, 3.05) is 26.2 Å². The van der Waals surface area contributed by atoms with Crippen molar-refractivity contribution in [2.45, 2.75) is 65.7 Å². The summed E-state index contributed by atoms with van der Waals surface area (Å²) >= 11 is 0. The predicted molar refractivity (Wildman–Crippen MR) is 107 cm³/mol. The number of ether oxygens (including phenoxy) is 1. The molecule has 3 rings (SSSR count). The summed E-state index contributed by atoms with van der Waals surface area (Å²) in [7, 11) is 0. The van der Waals surface area contributed by atoms with E-state index in [2.05, 4.69) is 37.8 Å². The van der Waals surface area contributed by atoms with Gasteiger partial charge in [0.2, 0.25) is 0 Å². The second-order valence-electron chi connectivity index (χ2n) is 8.46. The Labute approximate surface area is 159 Å². The van der Waals surface area contributed by atoms with E-state index in [1.807, 2.05) is 0 Å². The molecule has 0 amide bonds. The van der Waals surface area contributed by atoms with Crippen LogP contribution in [0.2, 0.25) is 0 Å². The van der Waals surface area contributed by atoms with E-state index in [1.54, 1.807) is 0 Å². The highest BCUT2D eigenvalue weighted by molar-refractivity contribution is 6.00. The normalized spacial score (nSPS) is 18.8. The zero-order valence-corrected chi connectivity index (χ0v) is 16.9. The number of hydrogen-bond donors (Lipinski definition) is 0. The highest BCUT2D eigenvalue weighted by atomic mass is 16.5. The number of carbonyl (C=O) groups is 1. The van der Waals surface area contributed by atoms with E-state index in [9.17, 15) is 4.79 Å². The highest BCUT2D eigenvalue weighted by Gasteiger charge is 2.27. The van der Waals surface area contributed by atoms with Crippen molar-refractivity contribution in [3.8, 4) is 5.75 Å². The molecule has 0 radical (unpaired) electrons. The first-order valence-electron chi connectivity index (χ1n) is 10.6. The molecule has 0 aromatic heterocycles. The van der Waals surface area contributed by atoms with Crippen molar-refractivity contribution in [3.63, 3.8) is 0 Å². The minimum Gasteiger partial charge on any atom is -0.493 e. The van der Waals surface area contributed by atoms with E-state index in [0.717, 1.165) is 56.8 Å². The molecule has 1 aliphatic heterocycles. The lowest BCUT2D eigenvalue weighted by Crippen LogP contribution is -2.31. The molecule has 1 saturated heterocycles. The number of likely N-dealkylation sites (tertiary alicyclic amines) is 1. The lowest BCUT2D eigenvalue weighted by atomic mass is 9.83. The van der Waals surface area contributed by atoms with Crippen molar-refractivity contribution in [3.05, 3.63) is 28.8 Å². The summed E-state index contributed by atoms with van der Waals surface area (Å²) in [4.78, 5) is 15.8. The van der Waals surface area contributed by atoms with Gasteiger partial charge in [-0.15, -0.1) is 0 Å². The molecule has 26 heavy (non-hydrogen) atoms. The Kier molecular flexibility index (Phi) is 6.74. The quantitative estimate of drug-likeness (QED) is 0.620. The van der Waals surface area contributed by atoms with Gasteiger partial charge in [0.25, 0.3) is 0 Å². The van der Waals surface area contributed by atoms with Gasteiger partial charge in [-0.1, -0.05) is 20.8 Å². The zero-order chi connectivity index (χ0) is 18.5. The molecule has 1 aromatic carbocycles. The molecule has 1 unspecified atom stereocenters. The molecule has 3 nitrogen and oxygen atoms in total. The summed E-state index contributed by atoms with van der Waals surface area (Å²) in [6.45, 7) is 10.5. The van der Waals surface area contributed by atoms with Gasteiger partial charge in [-0.3, -0.25) is 4.79 Å². The summed E-state index contributed by atoms with van der Waals surface area (Å²) < 4.78 is 6.08. The average Bonchev–Trinajstić information content (AvgIpc) is 3.16. The van der Waals surface area contributed by atoms with Gasteiger partial charge < -0.3 is 9.64 Å². The van der Waals surface area contributed by atoms with Crippen molar-refractivity contribution >= 4 is 5.78 Å². The summed E-state index contributed by atoms with van der Waals surface area (Å²) in [5.74, 6) is 2.01. The number of Topliss-reactive ketones (excluding diaryl/α,β-unsaturated/α-hetero) is 1. The van der Waals surface area contributed by atoms with Crippen LogP contribution in [0.25, 0.3) is 0 Å². The minimum absolute atomic E-state index is 0.126. The van der Waals surface area contributed by atoms with Gasteiger partial charge in [-0.05, 0) is 87.2 Å². The molecule has 2 aliphatic rings. The molecule has 1 aliphatic carbocycles. The number of fused-ring (bicyclic) bond motifs is 1. The van der Waals surface area contributed by atoms with Crippen LogP contribution in [-0.4, -0.2) is 36.9 Å². The molecular formula is C23H35NO2. The Morgan fingerprint density at radius 3 is 2.42 bits per heavy atom. The van der Waals surface area contributed by atoms with E-state index in [1.165, 1.54) is 36.8 Å². The monoisotopic (exact) mass is 357 g/mol. The van der Waals surface area contributed by atoms with Gasteiger partial charge in [0.15, 0.2) is 5.78 Å². The third-order valence-corrected chi connectivity index (χ3v) is 5.87. The summed E-state index contributed by atoms with van der Waals surface area (Å²) in [6, 6.07) is 4.11. The van der Waals surface area contributed by atoms with Crippen LogP contribution in [0.5, 0.6) is 5.75 Å². The van der Waals surface area contributed by atoms with Crippen LogP contribution in [0.4, 0.5) is 0 Å². The zero-order valence-electron chi connectivity index (χ0n) is 16.9. The van der Waals surface area contributed by atoms with Crippen molar-refractivity contribution in [1.29, 1.82) is 0 Å². The molecule has 1 fully saturated rings. The molecule has 0 spiro atoms. The van der Waals surface area contributed by atoms with Crippen LogP contribution in [0.15, 0.2) is 12.1 Å².